The van der Waals surface area contributed by atoms with Gasteiger partial charge in [0, 0.05) is 11.4 Å². The smallest absolute Gasteiger partial charge is 0.286 e. The summed E-state index contributed by atoms with van der Waals surface area (Å²) in [6, 6.07) is 11.4. The van der Waals surface area contributed by atoms with Crippen LogP contribution in [0.1, 0.15) is 5.56 Å². The van der Waals surface area contributed by atoms with Crippen LogP contribution in [0.3, 0.4) is 0 Å². The fraction of sp³-hybridized carbons (Fsp3) is 0.200. The van der Waals surface area contributed by atoms with E-state index in [1.807, 2.05) is 43.3 Å². The molecule has 0 fully saturated rings. The van der Waals surface area contributed by atoms with Crippen LogP contribution in [-0.4, -0.2) is 23.9 Å². The van der Waals surface area contributed by atoms with E-state index in [1.54, 1.807) is 0 Å². The van der Waals surface area contributed by atoms with Crippen LogP contribution < -0.4 is 0 Å². The Bertz CT molecular complexity index is 662. The molecule has 2 aromatic carbocycles. The molecule has 0 aromatic heterocycles. The Morgan fingerprint density at radius 2 is 1.90 bits per heavy atom. The molecule has 0 spiro atoms. The molecular formula is C15H15FN2O2S. The molecule has 0 saturated heterocycles. The Kier molecular flexibility index (Phi) is 4.93. The molecule has 2 aromatic rings. The molecule has 0 N–H and O–H groups in total. The maximum atomic E-state index is 13.2. The molecule has 0 aliphatic heterocycles. The molecule has 0 unspecified atom stereocenters. The van der Waals surface area contributed by atoms with Gasteiger partial charge in [-0.3, -0.25) is 10.1 Å². The van der Waals surface area contributed by atoms with Crippen molar-refractivity contribution < 1.29 is 9.31 Å². The number of benzene rings is 2. The molecule has 0 radical (unpaired) electrons. The van der Waals surface area contributed by atoms with E-state index >= 15 is 0 Å². The third kappa shape index (κ3) is 4.03. The van der Waals surface area contributed by atoms with E-state index in [2.05, 4.69) is 0 Å². The first-order chi connectivity index (χ1) is 9.97. The molecular weight excluding hydrogens is 290 g/mol. The van der Waals surface area contributed by atoms with Crippen molar-refractivity contribution in [3.8, 4) is 0 Å². The number of nitrogens with zero attached hydrogens (tertiary/aromatic N) is 2. The van der Waals surface area contributed by atoms with Crippen LogP contribution in [0.2, 0.25) is 0 Å². The highest BCUT2D eigenvalue weighted by molar-refractivity contribution is 7.99. The maximum absolute atomic E-state index is 13.2. The summed E-state index contributed by atoms with van der Waals surface area (Å²) in [5.74, 6) is -0.604. The highest BCUT2D eigenvalue weighted by Crippen LogP contribution is 2.36. The first kappa shape index (κ1) is 15.5. The van der Waals surface area contributed by atoms with Gasteiger partial charge in [0.25, 0.3) is 5.69 Å². The Morgan fingerprint density at radius 3 is 2.57 bits per heavy atom. The first-order valence-corrected chi connectivity index (χ1v) is 7.13. The van der Waals surface area contributed by atoms with Crippen LogP contribution in [0.5, 0.6) is 0 Å². The highest BCUT2D eigenvalue weighted by atomic mass is 32.2. The second-order valence-corrected chi connectivity index (χ2v) is 5.90. The van der Waals surface area contributed by atoms with Gasteiger partial charge in [0.15, 0.2) is 0 Å². The average Bonchev–Trinajstić information content (AvgIpc) is 2.42. The van der Waals surface area contributed by atoms with Crippen LogP contribution in [0.4, 0.5) is 10.1 Å². The van der Waals surface area contributed by atoms with Gasteiger partial charge >= 0.3 is 0 Å². The van der Waals surface area contributed by atoms with Gasteiger partial charge in [0.1, 0.15) is 5.82 Å². The van der Waals surface area contributed by atoms with Crippen molar-refractivity contribution >= 4 is 17.4 Å². The maximum Gasteiger partial charge on any atom is 0.286 e. The quantitative estimate of drug-likeness (QED) is 0.620. The number of nitro benzene ring substituents is 1. The monoisotopic (exact) mass is 305 g/mol. The van der Waals surface area contributed by atoms with Gasteiger partial charge < -0.3 is 4.90 Å². The van der Waals surface area contributed by atoms with Gasteiger partial charge in [-0.1, -0.05) is 30.0 Å². The van der Waals surface area contributed by atoms with Crippen molar-refractivity contribution in [2.75, 3.05) is 14.1 Å². The number of nitro groups is 1. The Morgan fingerprint density at radius 1 is 1.19 bits per heavy atom. The zero-order valence-electron chi connectivity index (χ0n) is 11.7. The van der Waals surface area contributed by atoms with Crippen molar-refractivity contribution in [1.82, 2.24) is 4.90 Å². The predicted molar refractivity (Wildman–Crippen MR) is 81.0 cm³/mol. The molecule has 0 saturated carbocycles. The molecule has 6 heteroatoms. The minimum Gasteiger partial charge on any atom is -0.305 e. The molecule has 0 heterocycles. The molecule has 2 rings (SSSR count). The number of rotatable bonds is 5. The molecule has 0 amide bonds. The molecule has 0 aliphatic carbocycles. The third-order valence-electron chi connectivity index (χ3n) is 2.80. The van der Waals surface area contributed by atoms with Crippen molar-refractivity contribution in [3.05, 3.63) is 64.0 Å². The van der Waals surface area contributed by atoms with Gasteiger partial charge in [0.2, 0.25) is 0 Å². The fourth-order valence-electron chi connectivity index (χ4n) is 1.91. The molecule has 0 bridgehead atoms. The van der Waals surface area contributed by atoms with E-state index in [1.165, 1.54) is 23.9 Å². The lowest BCUT2D eigenvalue weighted by molar-refractivity contribution is -0.387. The summed E-state index contributed by atoms with van der Waals surface area (Å²) in [6.45, 7) is 0.734. The highest BCUT2D eigenvalue weighted by Gasteiger charge is 2.17. The number of hydrogen-bond acceptors (Lipinski definition) is 4. The third-order valence-corrected chi connectivity index (χ3v) is 3.98. The number of hydrogen-bond donors (Lipinski definition) is 0. The summed E-state index contributed by atoms with van der Waals surface area (Å²) in [5, 5.41) is 11.0. The van der Waals surface area contributed by atoms with Gasteiger partial charge in [-0.25, -0.2) is 4.39 Å². The van der Waals surface area contributed by atoms with Crippen molar-refractivity contribution in [2.45, 2.75) is 16.3 Å². The van der Waals surface area contributed by atoms with Gasteiger partial charge in [-0.2, -0.15) is 0 Å². The summed E-state index contributed by atoms with van der Waals surface area (Å²) in [6.07, 6.45) is 0. The second-order valence-electron chi connectivity index (χ2n) is 4.82. The van der Waals surface area contributed by atoms with Gasteiger partial charge in [-0.05, 0) is 37.9 Å². The van der Waals surface area contributed by atoms with E-state index < -0.39 is 10.7 Å². The van der Waals surface area contributed by atoms with E-state index in [0.717, 1.165) is 23.1 Å². The normalized spacial score (nSPS) is 10.9. The van der Waals surface area contributed by atoms with Crippen LogP contribution >= 0.6 is 11.8 Å². The lowest BCUT2D eigenvalue weighted by atomic mass is 10.2. The molecule has 21 heavy (non-hydrogen) atoms. The topological polar surface area (TPSA) is 46.4 Å². The summed E-state index contributed by atoms with van der Waals surface area (Å²) < 4.78 is 13.2. The largest absolute Gasteiger partial charge is 0.305 e. The molecule has 0 aliphatic rings. The Balaban J connectivity index is 2.37. The summed E-state index contributed by atoms with van der Waals surface area (Å²) in [7, 11) is 3.92. The lowest BCUT2D eigenvalue weighted by Crippen LogP contribution is -2.11. The minimum atomic E-state index is -0.604. The predicted octanol–water partition coefficient (Wildman–Crippen LogP) is 3.95. The van der Waals surface area contributed by atoms with Gasteiger partial charge in [0.05, 0.1) is 15.9 Å². The van der Waals surface area contributed by atoms with E-state index in [9.17, 15) is 14.5 Å². The molecule has 4 nitrogen and oxygen atoms in total. The molecule has 110 valence electrons. The minimum absolute atomic E-state index is 0.209. The van der Waals surface area contributed by atoms with Crippen LogP contribution in [-0.2, 0) is 6.54 Å². The van der Waals surface area contributed by atoms with Gasteiger partial charge in [-0.15, -0.1) is 0 Å². The van der Waals surface area contributed by atoms with Crippen LogP contribution in [0.15, 0.2) is 52.3 Å². The van der Waals surface area contributed by atoms with E-state index in [0.29, 0.717) is 4.90 Å². The summed E-state index contributed by atoms with van der Waals surface area (Å²) >= 11 is 1.28. The van der Waals surface area contributed by atoms with E-state index in [4.69, 9.17) is 0 Å². The summed E-state index contributed by atoms with van der Waals surface area (Å²) in [5.41, 5.74) is 0.866. The lowest BCUT2D eigenvalue weighted by Gasteiger charge is -2.13. The Labute approximate surface area is 126 Å². The summed E-state index contributed by atoms with van der Waals surface area (Å²) in [4.78, 5) is 13.9. The second kappa shape index (κ2) is 6.69. The standard InChI is InChI=1S/C15H15FN2O2S/c1-17(2)10-11-5-3-4-6-14(11)21-15-8-7-12(16)9-13(15)18(19)20/h3-9H,10H2,1-2H3/i16-1. The SMILES string of the molecule is CN(C)Cc1ccccc1Sc1ccc([18F])cc1[N+](=O)[O-]. The average molecular weight is 305 g/mol. The van der Waals surface area contributed by atoms with Crippen LogP contribution in [0, 0.1) is 15.9 Å². The Hall–Kier alpha value is -1.92. The van der Waals surface area contributed by atoms with Crippen molar-refractivity contribution in [2.24, 2.45) is 0 Å². The van der Waals surface area contributed by atoms with Crippen molar-refractivity contribution in [3.63, 3.8) is 0 Å². The fourth-order valence-corrected chi connectivity index (χ4v) is 2.93. The number of halogens is 1. The van der Waals surface area contributed by atoms with E-state index in [-0.39, 0.29) is 5.69 Å². The molecule has 0 atom stereocenters. The zero-order valence-corrected chi connectivity index (χ0v) is 12.6. The van der Waals surface area contributed by atoms with Crippen molar-refractivity contribution in [1.29, 1.82) is 0 Å². The first-order valence-electron chi connectivity index (χ1n) is 6.32. The van der Waals surface area contributed by atoms with Crippen LogP contribution in [0.25, 0.3) is 0 Å². The zero-order chi connectivity index (χ0) is 15.4.